The standard InChI is InChI=1S/C23H32N4O7/c1-13(2)19(26-20(30)15(24)11-14-7-4-3-5-8-14)22(32)27-10-6-9-17(27)21(31)25-16(23(33)34)12-18(28)29/h3-5,7-8,13,15-17,19H,6,9-12,24H2,1-2H3,(H,25,31)(H,26,30)(H,28,29)(H,33,34). The number of rotatable bonds is 11. The van der Waals surface area contributed by atoms with Crippen molar-refractivity contribution < 1.29 is 34.2 Å². The molecule has 1 aliphatic rings. The van der Waals surface area contributed by atoms with E-state index in [0.29, 0.717) is 19.3 Å². The first-order valence-corrected chi connectivity index (χ1v) is 11.2. The number of carbonyl (C=O) groups is 5. The van der Waals surface area contributed by atoms with E-state index < -0.39 is 60.2 Å². The molecule has 4 unspecified atom stereocenters. The number of carboxylic acid groups (broad SMARTS) is 2. The van der Waals surface area contributed by atoms with Crippen molar-refractivity contribution in [2.75, 3.05) is 6.54 Å². The molecule has 0 bridgehead atoms. The smallest absolute Gasteiger partial charge is 0.326 e. The monoisotopic (exact) mass is 476 g/mol. The van der Waals surface area contributed by atoms with Gasteiger partial charge >= 0.3 is 11.9 Å². The molecule has 2 rings (SSSR count). The summed E-state index contributed by atoms with van der Waals surface area (Å²) in [7, 11) is 0. The molecule has 0 spiro atoms. The van der Waals surface area contributed by atoms with Crippen LogP contribution in [-0.2, 0) is 30.4 Å². The van der Waals surface area contributed by atoms with Gasteiger partial charge in [0.2, 0.25) is 17.7 Å². The van der Waals surface area contributed by atoms with Gasteiger partial charge in [0.05, 0.1) is 12.5 Å². The van der Waals surface area contributed by atoms with Crippen LogP contribution in [0.3, 0.4) is 0 Å². The highest BCUT2D eigenvalue weighted by Gasteiger charge is 2.40. The van der Waals surface area contributed by atoms with E-state index in [-0.39, 0.29) is 12.5 Å². The molecule has 4 atom stereocenters. The topological polar surface area (TPSA) is 179 Å². The largest absolute Gasteiger partial charge is 0.481 e. The minimum atomic E-state index is -1.61. The van der Waals surface area contributed by atoms with Gasteiger partial charge in [-0.05, 0) is 30.7 Å². The van der Waals surface area contributed by atoms with Crippen molar-refractivity contribution in [3.8, 4) is 0 Å². The molecule has 0 radical (unpaired) electrons. The van der Waals surface area contributed by atoms with Gasteiger partial charge in [-0.15, -0.1) is 0 Å². The Labute approximate surface area is 197 Å². The number of amides is 3. The molecule has 0 aliphatic carbocycles. The summed E-state index contributed by atoms with van der Waals surface area (Å²) >= 11 is 0. The molecule has 1 aliphatic heterocycles. The van der Waals surface area contributed by atoms with E-state index in [0.717, 1.165) is 5.56 Å². The Morgan fingerprint density at radius 2 is 1.74 bits per heavy atom. The third-order valence-electron chi connectivity index (χ3n) is 5.70. The summed E-state index contributed by atoms with van der Waals surface area (Å²) in [6, 6.07) is 4.85. The number of carbonyl (C=O) groups excluding carboxylic acids is 3. The van der Waals surface area contributed by atoms with Gasteiger partial charge in [0.1, 0.15) is 18.1 Å². The molecule has 0 saturated carbocycles. The minimum absolute atomic E-state index is 0.253. The van der Waals surface area contributed by atoms with Crippen LogP contribution < -0.4 is 16.4 Å². The van der Waals surface area contributed by atoms with E-state index in [4.69, 9.17) is 10.8 Å². The SMILES string of the molecule is CC(C)C(NC(=O)C(N)Cc1ccccc1)C(=O)N1CCCC1C(=O)NC(CC(=O)O)C(=O)O. The molecule has 6 N–H and O–H groups in total. The Kier molecular flexibility index (Phi) is 9.55. The molecule has 186 valence electrons. The summed E-state index contributed by atoms with van der Waals surface area (Å²) in [4.78, 5) is 62.2. The number of nitrogens with zero attached hydrogens (tertiary/aromatic N) is 1. The number of hydrogen-bond acceptors (Lipinski definition) is 6. The second-order valence-corrected chi connectivity index (χ2v) is 8.71. The van der Waals surface area contributed by atoms with Gasteiger partial charge < -0.3 is 31.5 Å². The molecular weight excluding hydrogens is 444 g/mol. The molecule has 1 aromatic rings. The number of likely N-dealkylation sites (tertiary alicyclic amines) is 1. The predicted octanol–water partition coefficient (Wildman–Crippen LogP) is -0.268. The van der Waals surface area contributed by atoms with E-state index in [1.165, 1.54) is 4.90 Å². The Morgan fingerprint density at radius 1 is 1.09 bits per heavy atom. The Hall–Kier alpha value is -3.47. The van der Waals surface area contributed by atoms with Crippen LogP contribution >= 0.6 is 0 Å². The Morgan fingerprint density at radius 3 is 2.29 bits per heavy atom. The Balaban J connectivity index is 2.08. The molecule has 1 fully saturated rings. The first-order chi connectivity index (χ1) is 16.0. The van der Waals surface area contributed by atoms with Gasteiger partial charge in [0.25, 0.3) is 0 Å². The highest BCUT2D eigenvalue weighted by atomic mass is 16.4. The molecule has 1 saturated heterocycles. The fourth-order valence-electron chi connectivity index (χ4n) is 3.86. The summed E-state index contributed by atoms with van der Waals surface area (Å²) in [6.07, 6.45) is 0.308. The number of hydrogen-bond donors (Lipinski definition) is 5. The summed E-state index contributed by atoms with van der Waals surface area (Å²) in [6.45, 7) is 3.76. The van der Waals surface area contributed by atoms with Crippen molar-refractivity contribution in [1.82, 2.24) is 15.5 Å². The molecule has 1 aromatic carbocycles. The second kappa shape index (κ2) is 12.1. The van der Waals surface area contributed by atoms with Crippen LogP contribution in [0.1, 0.15) is 38.7 Å². The normalized spacial score (nSPS) is 18.1. The van der Waals surface area contributed by atoms with Gasteiger partial charge in [-0.2, -0.15) is 0 Å². The lowest BCUT2D eigenvalue weighted by Gasteiger charge is -2.31. The van der Waals surface area contributed by atoms with Crippen LogP contribution in [0.4, 0.5) is 0 Å². The number of nitrogens with two attached hydrogens (primary N) is 1. The number of benzene rings is 1. The van der Waals surface area contributed by atoms with Gasteiger partial charge in [-0.1, -0.05) is 44.2 Å². The lowest BCUT2D eigenvalue weighted by molar-refractivity contribution is -0.148. The zero-order chi connectivity index (χ0) is 25.4. The van der Waals surface area contributed by atoms with Crippen LogP contribution in [0.15, 0.2) is 30.3 Å². The molecule has 11 nitrogen and oxygen atoms in total. The van der Waals surface area contributed by atoms with Gasteiger partial charge in [0, 0.05) is 6.54 Å². The van der Waals surface area contributed by atoms with Crippen molar-refractivity contribution in [3.05, 3.63) is 35.9 Å². The molecular formula is C23H32N4O7. The lowest BCUT2D eigenvalue weighted by Crippen LogP contribution is -2.58. The van der Waals surface area contributed by atoms with Crippen LogP contribution in [0.2, 0.25) is 0 Å². The zero-order valence-corrected chi connectivity index (χ0v) is 19.3. The third kappa shape index (κ3) is 7.27. The van der Waals surface area contributed by atoms with Crippen LogP contribution in [0, 0.1) is 5.92 Å². The third-order valence-corrected chi connectivity index (χ3v) is 5.70. The summed E-state index contributed by atoms with van der Waals surface area (Å²) in [5.74, 6) is -4.87. The quantitative estimate of drug-likeness (QED) is 0.289. The van der Waals surface area contributed by atoms with Crippen LogP contribution in [0.5, 0.6) is 0 Å². The highest BCUT2D eigenvalue weighted by Crippen LogP contribution is 2.21. The van der Waals surface area contributed by atoms with E-state index in [9.17, 15) is 29.1 Å². The number of carboxylic acids is 2. The fraction of sp³-hybridized carbons (Fsp3) is 0.522. The van der Waals surface area contributed by atoms with Gasteiger partial charge in [-0.25, -0.2) is 4.79 Å². The maximum atomic E-state index is 13.3. The van der Waals surface area contributed by atoms with E-state index >= 15 is 0 Å². The summed E-state index contributed by atoms with van der Waals surface area (Å²) in [5.41, 5.74) is 6.92. The minimum Gasteiger partial charge on any atom is -0.481 e. The highest BCUT2D eigenvalue weighted by molar-refractivity contribution is 5.95. The van der Waals surface area contributed by atoms with Gasteiger partial charge in [-0.3, -0.25) is 19.2 Å². The zero-order valence-electron chi connectivity index (χ0n) is 19.3. The molecule has 3 amide bonds. The Bertz CT molecular complexity index is 906. The first-order valence-electron chi connectivity index (χ1n) is 11.2. The van der Waals surface area contributed by atoms with Crippen molar-refractivity contribution in [3.63, 3.8) is 0 Å². The van der Waals surface area contributed by atoms with Crippen molar-refractivity contribution >= 4 is 29.7 Å². The summed E-state index contributed by atoms with van der Waals surface area (Å²) < 4.78 is 0. The van der Waals surface area contributed by atoms with Crippen LogP contribution in [0.25, 0.3) is 0 Å². The van der Waals surface area contributed by atoms with Crippen molar-refractivity contribution in [2.24, 2.45) is 11.7 Å². The van der Waals surface area contributed by atoms with Gasteiger partial charge in [0.15, 0.2) is 0 Å². The fourth-order valence-corrected chi connectivity index (χ4v) is 3.86. The van der Waals surface area contributed by atoms with E-state index in [1.807, 2.05) is 30.3 Å². The molecule has 11 heteroatoms. The maximum Gasteiger partial charge on any atom is 0.326 e. The van der Waals surface area contributed by atoms with Crippen molar-refractivity contribution in [2.45, 2.75) is 63.7 Å². The number of aliphatic carboxylic acids is 2. The number of nitrogens with one attached hydrogen (secondary N) is 2. The maximum absolute atomic E-state index is 13.3. The predicted molar refractivity (Wildman–Crippen MR) is 121 cm³/mol. The summed E-state index contributed by atoms with van der Waals surface area (Å²) in [5, 5.41) is 23.0. The van der Waals surface area contributed by atoms with Crippen LogP contribution in [-0.4, -0.2) is 75.5 Å². The molecule has 1 heterocycles. The van der Waals surface area contributed by atoms with E-state index in [1.54, 1.807) is 13.8 Å². The second-order valence-electron chi connectivity index (χ2n) is 8.71. The molecule has 0 aromatic heterocycles. The van der Waals surface area contributed by atoms with E-state index in [2.05, 4.69) is 10.6 Å². The average molecular weight is 477 g/mol. The first kappa shape index (κ1) is 26.8. The van der Waals surface area contributed by atoms with Crippen molar-refractivity contribution in [1.29, 1.82) is 0 Å². The lowest BCUT2D eigenvalue weighted by atomic mass is 10.0. The molecule has 34 heavy (non-hydrogen) atoms. The average Bonchev–Trinajstić information content (AvgIpc) is 3.26.